The highest BCUT2D eigenvalue weighted by Gasteiger charge is 2.15. The molecule has 0 aliphatic carbocycles. The SMILES string of the molecule is CCNC(=NCCN1CCCC(C)C1)NCCOCC.I. The smallest absolute Gasteiger partial charge is 0.191 e. The maximum Gasteiger partial charge on any atom is 0.191 e. The molecule has 0 amide bonds. The zero-order chi connectivity index (χ0) is 14.6. The molecule has 0 spiro atoms. The number of likely N-dealkylation sites (tertiary alicyclic amines) is 1. The molecule has 5 nitrogen and oxygen atoms in total. The van der Waals surface area contributed by atoms with Crippen LogP contribution in [0.25, 0.3) is 0 Å². The van der Waals surface area contributed by atoms with Gasteiger partial charge in [0.25, 0.3) is 0 Å². The molecule has 0 saturated carbocycles. The molecule has 21 heavy (non-hydrogen) atoms. The van der Waals surface area contributed by atoms with Crippen molar-refractivity contribution in [3.8, 4) is 0 Å². The molecule has 1 fully saturated rings. The van der Waals surface area contributed by atoms with Crippen molar-refractivity contribution >= 4 is 29.9 Å². The summed E-state index contributed by atoms with van der Waals surface area (Å²) in [6.45, 7) is 14.0. The van der Waals surface area contributed by atoms with Crippen molar-refractivity contribution in [3.63, 3.8) is 0 Å². The van der Waals surface area contributed by atoms with Gasteiger partial charge in [0, 0.05) is 32.8 Å². The number of hydrogen-bond donors (Lipinski definition) is 2. The largest absolute Gasteiger partial charge is 0.380 e. The number of halogens is 1. The zero-order valence-corrected chi connectivity index (χ0v) is 16.2. The second-order valence-corrected chi connectivity index (χ2v) is 5.43. The summed E-state index contributed by atoms with van der Waals surface area (Å²) in [6.07, 6.45) is 2.71. The summed E-state index contributed by atoms with van der Waals surface area (Å²) in [5, 5.41) is 6.57. The van der Waals surface area contributed by atoms with Crippen LogP contribution in [0.3, 0.4) is 0 Å². The van der Waals surface area contributed by atoms with E-state index in [0.717, 1.165) is 51.3 Å². The highest BCUT2D eigenvalue weighted by atomic mass is 127. The van der Waals surface area contributed by atoms with Gasteiger partial charge < -0.3 is 20.3 Å². The minimum Gasteiger partial charge on any atom is -0.380 e. The molecule has 6 heteroatoms. The summed E-state index contributed by atoms with van der Waals surface area (Å²) in [5.41, 5.74) is 0. The maximum absolute atomic E-state index is 5.32. The molecule has 0 aromatic heterocycles. The van der Waals surface area contributed by atoms with E-state index in [0.29, 0.717) is 0 Å². The van der Waals surface area contributed by atoms with E-state index in [1.807, 2.05) is 6.92 Å². The number of hydrogen-bond acceptors (Lipinski definition) is 3. The number of guanidine groups is 1. The Hall–Kier alpha value is -0.0800. The monoisotopic (exact) mass is 412 g/mol. The Morgan fingerprint density at radius 1 is 1.33 bits per heavy atom. The lowest BCUT2D eigenvalue weighted by Gasteiger charge is -2.30. The van der Waals surface area contributed by atoms with Crippen LogP contribution in [-0.2, 0) is 4.74 Å². The molecule has 1 unspecified atom stereocenters. The Labute approximate surface area is 147 Å². The highest BCUT2D eigenvalue weighted by molar-refractivity contribution is 14.0. The average Bonchev–Trinajstić information content (AvgIpc) is 2.43. The first-order chi connectivity index (χ1) is 9.76. The van der Waals surface area contributed by atoms with E-state index >= 15 is 0 Å². The molecule has 0 bridgehead atoms. The number of nitrogens with zero attached hydrogens (tertiary/aromatic N) is 2. The van der Waals surface area contributed by atoms with E-state index in [1.54, 1.807) is 0 Å². The minimum atomic E-state index is 0. The third-order valence-electron chi connectivity index (χ3n) is 3.51. The van der Waals surface area contributed by atoms with Gasteiger partial charge in [-0.2, -0.15) is 0 Å². The van der Waals surface area contributed by atoms with E-state index in [1.165, 1.54) is 25.9 Å². The van der Waals surface area contributed by atoms with Gasteiger partial charge in [0.15, 0.2) is 5.96 Å². The van der Waals surface area contributed by atoms with Crippen LogP contribution in [0, 0.1) is 5.92 Å². The van der Waals surface area contributed by atoms with Gasteiger partial charge in [-0.25, -0.2) is 0 Å². The first-order valence-corrected chi connectivity index (χ1v) is 8.08. The summed E-state index contributed by atoms with van der Waals surface area (Å²) in [6, 6.07) is 0. The fourth-order valence-corrected chi connectivity index (χ4v) is 2.52. The number of rotatable bonds is 8. The minimum absolute atomic E-state index is 0. The van der Waals surface area contributed by atoms with E-state index in [2.05, 4.69) is 34.4 Å². The topological polar surface area (TPSA) is 48.9 Å². The van der Waals surface area contributed by atoms with Crippen LogP contribution in [0.5, 0.6) is 0 Å². The van der Waals surface area contributed by atoms with Gasteiger partial charge in [-0.15, -0.1) is 24.0 Å². The zero-order valence-electron chi connectivity index (χ0n) is 13.9. The van der Waals surface area contributed by atoms with Crippen molar-refractivity contribution in [1.29, 1.82) is 0 Å². The lowest BCUT2D eigenvalue weighted by molar-refractivity contribution is 0.152. The predicted octanol–water partition coefficient (Wildman–Crippen LogP) is 1.93. The van der Waals surface area contributed by atoms with Crippen molar-refractivity contribution in [2.75, 3.05) is 52.5 Å². The lowest BCUT2D eigenvalue weighted by Crippen LogP contribution is -2.40. The standard InChI is InChI=1S/C15H32N4O.HI/c1-4-16-15(18-9-12-20-5-2)17-8-11-19-10-6-7-14(3)13-19;/h14H,4-13H2,1-3H3,(H2,16,17,18);1H. The molecule has 1 heterocycles. The summed E-state index contributed by atoms with van der Waals surface area (Å²) < 4.78 is 5.32. The van der Waals surface area contributed by atoms with Crippen molar-refractivity contribution < 1.29 is 4.74 Å². The normalized spacial score (nSPS) is 20.0. The predicted molar refractivity (Wildman–Crippen MR) is 101 cm³/mol. The van der Waals surface area contributed by atoms with Gasteiger partial charge in [-0.05, 0) is 39.2 Å². The lowest BCUT2D eigenvalue weighted by atomic mass is 10.0. The average molecular weight is 412 g/mol. The van der Waals surface area contributed by atoms with E-state index in [9.17, 15) is 0 Å². The van der Waals surface area contributed by atoms with Crippen LogP contribution in [0.4, 0.5) is 0 Å². The second-order valence-electron chi connectivity index (χ2n) is 5.43. The van der Waals surface area contributed by atoms with Gasteiger partial charge in [0.1, 0.15) is 0 Å². The van der Waals surface area contributed by atoms with Gasteiger partial charge in [0.2, 0.25) is 0 Å². The molecule has 0 aromatic carbocycles. The summed E-state index contributed by atoms with van der Waals surface area (Å²) >= 11 is 0. The molecule has 0 aromatic rings. The Bertz CT molecular complexity index is 276. The molecular weight excluding hydrogens is 379 g/mol. The van der Waals surface area contributed by atoms with E-state index < -0.39 is 0 Å². The number of ether oxygens (including phenoxy) is 1. The molecule has 126 valence electrons. The summed E-state index contributed by atoms with van der Waals surface area (Å²) in [7, 11) is 0. The van der Waals surface area contributed by atoms with E-state index in [-0.39, 0.29) is 24.0 Å². The highest BCUT2D eigenvalue weighted by Crippen LogP contribution is 2.14. The molecule has 2 N–H and O–H groups in total. The third kappa shape index (κ3) is 10.3. The Morgan fingerprint density at radius 3 is 2.81 bits per heavy atom. The molecule has 1 saturated heterocycles. The molecule has 1 aliphatic rings. The Kier molecular flexibility index (Phi) is 13.5. The summed E-state index contributed by atoms with van der Waals surface area (Å²) in [4.78, 5) is 7.16. The first kappa shape index (κ1) is 20.9. The van der Waals surface area contributed by atoms with Gasteiger partial charge in [-0.3, -0.25) is 4.99 Å². The van der Waals surface area contributed by atoms with Crippen molar-refractivity contribution in [3.05, 3.63) is 0 Å². The van der Waals surface area contributed by atoms with Crippen molar-refractivity contribution in [1.82, 2.24) is 15.5 Å². The van der Waals surface area contributed by atoms with Crippen LogP contribution in [0.15, 0.2) is 4.99 Å². The summed E-state index contributed by atoms with van der Waals surface area (Å²) in [5.74, 6) is 1.74. The number of nitrogens with one attached hydrogen (secondary N) is 2. The molecule has 0 radical (unpaired) electrons. The van der Waals surface area contributed by atoms with E-state index in [4.69, 9.17) is 4.74 Å². The molecular formula is C15H33IN4O. The van der Waals surface area contributed by atoms with Gasteiger partial charge in [0.05, 0.1) is 13.2 Å². The quantitative estimate of drug-likeness (QED) is 0.277. The van der Waals surface area contributed by atoms with Crippen LogP contribution in [-0.4, -0.2) is 63.3 Å². The third-order valence-corrected chi connectivity index (χ3v) is 3.51. The number of aliphatic imine (C=N–C) groups is 1. The van der Waals surface area contributed by atoms with Crippen molar-refractivity contribution in [2.45, 2.75) is 33.6 Å². The van der Waals surface area contributed by atoms with Gasteiger partial charge in [-0.1, -0.05) is 6.92 Å². The Balaban J connectivity index is 0.00000400. The van der Waals surface area contributed by atoms with Crippen LogP contribution >= 0.6 is 24.0 Å². The first-order valence-electron chi connectivity index (χ1n) is 8.08. The number of piperidine rings is 1. The molecule has 1 rings (SSSR count). The van der Waals surface area contributed by atoms with Crippen LogP contribution in [0.2, 0.25) is 0 Å². The molecule has 1 atom stereocenters. The maximum atomic E-state index is 5.32. The second kappa shape index (κ2) is 13.6. The fraction of sp³-hybridized carbons (Fsp3) is 0.933. The fourth-order valence-electron chi connectivity index (χ4n) is 2.52. The van der Waals surface area contributed by atoms with Crippen LogP contribution < -0.4 is 10.6 Å². The molecule has 1 aliphatic heterocycles. The van der Waals surface area contributed by atoms with Crippen molar-refractivity contribution in [2.24, 2.45) is 10.9 Å². The van der Waals surface area contributed by atoms with Gasteiger partial charge >= 0.3 is 0 Å². The Morgan fingerprint density at radius 2 is 2.14 bits per heavy atom. The van der Waals surface area contributed by atoms with Crippen LogP contribution in [0.1, 0.15) is 33.6 Å².